The summed E-state index contributed by atoms with van der Waals surface area (Å²) in [5.74, 6) is 2.15. The molecule has 0 spiro atoms. The Morgan fingerprint density at radius 2 is 2.11 bits per heavy atom. The maximum Gasteiger partial charge on any atom is 0.171 e. The third-order valence-electron chi connectivity index (χ3n) is 4.84. The molecule has 2 bridgehead atoms. The van der Waals surface area contributed by atoms with E-state index >= 15 is 0 Å². The van der Waals surface area contributed by atoms with E-state index in [-0.39, 0.29) is 0 Å². The number of hydrogen-bond acceptors (Lipinski definition) is 4. The van der Waals surface area contributed by atoms with Gasteiger partial charge in [0.2, 0.25) is 0 Å². The summed E-state index contributed by atoms with van der Waals surface area (Å²) in [4.78, 5) is 0. The van der Waals surface area contributed by atoms with Crippen molar-refractivity contribution in [3.8, 4) is 0 Å². The van der Waals surface area contributed by atoms with Crippen molar-refractivity contribution >= 4 is 23.1 Å². The van der Waals surface area contributed by atoms with Crippen LogP contribution in [0.25, 0.3) is 0 Å². The lowest BCUT2D eigenvalue weighted by Gasteiger charge is -2.23. The average molecular weight is 279 g/mol. The van der Waals surface area contributed by atoms with E-state index in [9.17, 15) is 0 Å². The summed E-state index contributed by atoms with van der Waals surface area (Å²) in [5.41, 5.74) is 1.73. The molecule has 4 nitrogen and oxygen atoms in total. The number of rotatable bonds is 2. The SMILES string of the molecule is CN(N=C1CC2CCC1C2(C)C)c1ccc(Cl)nn1. The quantitative estimate of drug-likeness (QED) is 0.779. The van der Waals surface area contributed by atoms with Gasteiger partial charge >= 0.3 is 0 Å². The van der Waals surface area contributed by atoms with Crippen LogP contribution in [0.1, 0.15) is 33.1 Å². The number of hydrazone groups is 1. The predicted octanol–water partition coefficient (Wildman–Crippen LogP) is 3.38. The van der Waals surface area contributed by atoms with E-state index in [1.54, 1.807) is 6.07 Å². The van der Waals surface area contributed by atoms with Crippen molar-refractivity contribution in [2.75, 3.05) is 12.1 Å². The Labute approximate surface area is 118 Å². The molecule has 0 aromatic carbocycles. The minimum absolute atomic E-state index is 0.408. The Balaban J connectivity index is 1.81. The highest BCUT2D eigenvalue weighted by atomic mass is 35.5. The van der Waals surface area contributed by atoms with Crippen molar-refractivity contribution in [2.24, 2.45) is 22.4 Å². The van der Waals surface area contributed by atoms with E-state index < -0.39 is 0 Å². The van der Waals surface area contributed by atoms with Gasteiger partial charge in [0.1, 0.15) is 0 Å². The maximum absolute atomic E-state index is 5.75. The molecule has 5 heteroatoms. The molecule has 2 aliphatic rings. The summed E-state index contributed by atoms with van der Waals surface area (Å²) in [5, 5.41) is 14.9. The molecule has 2 unspecified atom stereocenters. The summed E-state index contributed by atoms with van der Waals surface area (Å²) in [6.07, 6.45) is 3.75. The Kier molecular flexibility index (Phi) is 3.01. The van der Waals surface area contributed by atoms with E-state index in [2.05, 4.69) is 24.0 Å². The van der Waals surface area contributed by atoms with Crippen molar-refractivity contribution in [3.63, 3.8) is 0 Å². The monoisotopic (exact) mass is 278 g/mol. The number of fused-ring (bicyclic) bond motifs is 2. The first kappa shape index (κ1) is 12.9. The molecule has 0 radical (unpaired) electrons. The topological polar surface area (TPSA) is 41.4 Å². The van der Waals surface area contributed by atoms with Crippen LogP contribution in [0.3, 0.4) is 0 Å². The highest BCUT2D eigenvalue weighted by Gasteiger charge is 2.51. The van der Waals surface area contributed by atoms with Gasteiger partial charge < -0.3 is 0 Å². The van der Waals surface area contributed by atoms with Gasteiger partial charge in [-0.1, -0.05) is 25.4 Å². The van der Waals surface area contributed by atoms with Crippen molar-refractivity contribution in [1.82, 2.24) is 10.2 Å². The lowest BCUT2D eigenvalue weighted by atomic mass is 9.82. The minimum Gasteiger partial charge on any atom is -0.250 e. The molecule has 2 saturated carbocycles. The van der Waals surface area contributed by atoms with Crippen LogP contribution in [0, 0.1) is 17.3 Å². The molecule has 1 aromatic heterocycles. The van der Waals surface area contributed by atoms with E-state index in [0.717, 1.165) is 18.2 Å². The smallest absolute Gasteiger partial charge is 0.171 e. The van der Waals surface area contributed by atoms with Crippen LogP contribution in [0.5, 0.6) is 0 Å². The van der Waals surface area contributed by atoms with Gasteiger partial charge in [-0.15, -0.1) is 10.2 Å². The molecule has 1 aromatic rings. The number of aromatic nitrogens is 2. The van der Waals surface area contributed by atoms with E-state index in [1.165, 1.54) is 18.6 Å². The van der Waals surface area contributed by atoms with Crippen LogP contribution >= 0.6 is 11.6 Å². The molecule has 3 rings (SSSR count). The first-order valence-electron chi connectivity index (χ1n) is 6.79. The van der Waals surface area contributed by atoms with Crippen LogP contribution in [0.15, 0.2) is 17.2 Å². The second kappa shape index (κ2) is 4.44. The normalized spacial score (nSPS) is 30.0. The average Bonchev–Trinajstić information content (AvgIpc) is 2.78. The third kappa shape index (κ3) is 2.12. The Morgan fingerprint density at radius 3 is 2.63 bits per heavy atom. The molecule has 2 aliphatic carbocycles. The second-order valence-electron chi connectivity index (χ2n) is 6.18. The highest BCUT2D eigenvalue weighted by Crippen LogP contribution is 2.56. The van der Waals surface area contributed by atoms with Crippen molar-refractivity contribution < 1.29 is 0 Å². The molecule has 19 heavy (non-hydrogen) atoms. The zero-order valence-electron chi connectivity index (χ0n) is 11.6. The molecule has 102 valence electrons. The standard InChI is InChI=1S/C14H19ClN4/c1-14(2)9-4-5-10(14)11(8-9)18-19(3)13-7-6-12(15)16-17-13/h6-7,9-10H,4-5,8H2,1-3H3. The van der Waals surface area contributed by atoms with E-state index in [4.69, 9.17) is 16.7 Å². The van der Waals surface area contributed by atoms with E-state index in [0.29, 0.717) is 16.5 Å². The zero-order valence-corrected chi connectivity index (χ0v) is 12.4. The first-order chi connectivity index (χ1) is 8.98. The number of hydrogen-bond donors (Lipinski definition) is 0. The van der Waals surface area contributed by atoms with Crippen LogP contribution in [0.4, 0.5) is 5.82 Å². The van der Waals surface area contributed by atoms with Crippen LogP contribution in [-0.2, 0) is 0 Å². The molecule has 2 atom stereocenters. The Hall–Kier alpha value is -1.16. The van der Waals surface area contributed by atoms with Gasteiger partial charge in [-0.25, -0.2) is 5.01 Å². The largest absolute Gasteiger partial charge is 0.250 e. The fraction of sp³-hybridized carbons (Fsp3) is 0.643. The molecule has 2 fully saturated rings. The van der Waals surface area contributed by atoms with Gasteiger partial charge in [0, 0.05) is 18.7 Å². The minimum atomic E-state index is 0.408. The Bertz CT molecular complexity index is 509. The van der Waals surface area contributed by atoms with Gasteiger partial charge in [0.05, 0.1) is 0 Å². The fourth-order valence-electron chi connectivity index (χ4n) is 3.59. The van der Waals surface area contributed by atoms with Gasteiger partial charge in [-0.3, -0.25) is 0 Å². The summed E-state index contributed by atoms with van der Waals surface area (Å²) in [6.45, 7) is 4.75. The summed E-state index contributed by atoms with van der Waals surface area (Å²) in [6, 6.07) is 3.59. The summed E-state index contributed by atoms with van der Waals surface area (Å²) < 4.78 is 0. The molecule has 1 heterocycles. The van der Waals surface area contributed by atoms with Crippen molar-refractivity contribution in [1.29, 1.82) is 0 Å². The molecule has 0 N–H and O–H groups in total. The lowest BCUT2D eigenvalue weighted by Crippen LogP contribution is -2.22. The lowest BCUT2D eigenvalue weighted by molar-refractivity contribution is 0.270. The van der Waals surface area contributed by atoms with Gasteiger partial charge in [0.15, 0.2) is 11.0 Å². The van der Waals surface area contributed by atoms with Crippen LogP contribution in [0.2, 0.25) is 5.15 Å². The molecular weight excluding hydrogens is 260 g/mol. The zero-order chi connectivity index (χ0) is 13.6. The molecule has 0 amide bonds. The molecular formula is C14H19ClN4. The molecule has 0 saturated heterocycles. The first-order valence-corrected chi connectivity index (χ1v) is 7.16. The number of halogens is 1. The van der Waals surface area contributed by atoms with Crippen molar-refractivity contribution in [2.45, 2.75) is 33.1 Å². The van der Waals surface area contributed by atoms with E-state index in [1.807, 2.05) is 18.1 Å². The predicted molar refractivity (Wildman–Crippen MR) is 77.5 cm³/mol. The number of nitrogens with zero attached hydrogens (tertiary/aromatic N) is 4. The van der Waals surface area contributed by atoms with Crippen LogP contribution < -0.4 is 5.01 Å². The summed E-state index contributed by atoms with van der Waals surface area (Å²) >= 11 is 5.75. The third-order valence-corrected chi connectivity index (χ3v) is 5.04. The highest BCUT2D eigenvalue weighted by molar-refractivity contribution is 6.29. The fourth-order valence-corrected chi connectivity index (χ4v) is 3.69. The summed E-state index contributed by atoms with van der Waals surface area (Å²) in [7, 11) is 1.92. The van der Waals surface area contributed by atoms with Crippen molar-refractivity contribution in [3.05, 3.63) is 17.3 Å². The molecule has 0 aliphatic heterocycles. The maximum atomic E-state index is 5.75. The van der Waals surface area contributed by atoms with Gasteiger partial charge in [-0.2, -0.15) is 5.10 Å². The van der Waals surface area contributed by atoms with Gasteiger partial charge in [0.25, 0.3) is 0 Å². The van der Waals surface area contributed by atoms with Crippen LogP contribution in [-0.4, -0.2) is 23.0 Å². The second-order valence-corrected chi connectivity index (χ2v) is 6.57. The van der Waals surface area contributed by atoms with Gasteiger partial charge in [-0.05, 0) is 42.7 Å². The number of anilines is 1. The Morgan fingerprint density at radius 1 is 1.32 bits per heavy atom.